The second kappa shape index (κ2) is 5.57. The van der Waals surface area contributed by atoms with Gasteiger partial charge in [0, 0.05) is 11.1 Å². The van der Waals surface area contributed by atoms with E-state index in [0.29, 0.717) is 13.2 Å². The summed E-state index contributed by atoms with van der Waals surface area (Å²) in [6.45, 7) is 5.12. The molecule has 4 heteroatoms. The highest BCUT2D eigenvalue weighted by molar-refractivity contribution is 5.80. The van der Waals surface area contributed by atoms with Crippen LogP contribution in [0, 0.1) is 0 Å². The highest BCUT2D eigenvalue weighted by Gasteiger charge is 2.51. The third kappa shape index (κ3) is 2.27. The maximum absolute atomic E-state index is 6.60. The molecule has 0 spiro atoms. The minimum atomic E-state index is -0.604. The van der Waals surface area contributed by atoms with Gasteiger partial charge < -0.3 is 18.9 Å². The van der Waals surface area contributed by atoms with E-state index >= 15 is 0 Å². The van der Waals surface area contributed by atoms with Crippen LogP contribution >= 0.6 is 0 Å². The SMILES string of the molecule is CC1(C)OC[C@H]2Oc3c(-c4ccccc4)c4c(c5c3[C@@H](OC5)[C@@H]2O1)CCC4. The molecule has 0 amide bonds. The van der Waals surface area contributed by atoms with Crippen LogP contribution in [0.2, 0.25) is 0 Å². The van der Waals surface area contributed by atoms with Crippen LogP contribution in [-0.4, -0.2) is 24.6 Å². The normalized spacial score (nSPS) is 29.6. The Morgan fingerprint density at radius 1 is 1.00 bits per heavy atom. The molecule has 140 valence electrons. The lowest BCUT2D eigenvalue weighted by atomic mass is 9.84. The van der Waals surface area contributed by atoms with Crippen LogP contribution in [0.5, 0.6) is 5.75 Å². The molecule has 27 heavy (non-hydrogen) atoms. The van der Waals surface area contributed by atoms with Gasteiger partial charge in [-0.3, -0.25) is 0 Å². The summed E-state index contributed by atoms with van der Waals surface area (Å²) in [5.41, 5.74) is 8.03. The van der Waals surface area contributed by atoms with Crippen molar-refractivity contribution in [3.05, 3.63) is 52.6 Å². The minimum absolute atomic E-state index is 0.0645. The van der Waals surface area contributed by atoms with Gasteiger partial charge in [-0.05, 0) is 55.4 Å². The van der Waals surface area contributed by atoms with E-state index in [2.05, 4.69) is 30.3 Å². The van der Waals surface area contributed by atoms with E-state index in [-0.39, 0.29) is 18.3 Å². The Morgan fingerprint density at radius 3 is 2.67 bits per heavy atom. The van der Waals surface area contributed by atoms with E-state index < -0.39 is 5.79 Å². The molecule has 2 aromatic rings. The molecule has 0 unspecified atom stereocenters. The summed E-state index contributed by atoms with van der Waals surface area (Å²) in [5, 5.41) is 0. The van der Waals surface area contributed by atoms with Gasteiger partial charge in [0.1, 0.15) is 18.0 Å². The summed E-state index contributed by atoms with van der Waals surface area (Å²) in [5.74, 6) is 0.403. The molecule has 0 N–H and O–H groups in total. The first-order valence-corrected chi connectivity index (χ1v) is 9.98. The quantitative estimate of drug-likeness (QED) is 0.755. The molecule has 0 aromatic heterocycles. The molecule has 2 aromatic carbocycles. The van der Waals surface area contributed by atoms with Crippen LogP contribution in [0.15, 0.2) is 30.3 Å². The molecule has 1 aliphatic carbocycles. The number of ether oxygens (including phenoxy) is 4. The Hall–Kier alpha value is -1.88. The van der Waals surface area contributed by atoms with Gasteiger partial charge in [-0.2, -0.15) is 0 Å². The number of hydrogen-bond acceptors (Lipinski definition) is 4. The van der Waals surface area contributed by atoms with Gasteiger partial charge in [-0.1, -0.05) is 30.3 Å². The molecule has 3 aliphatic heterocycles. The van der Waals surface area contributed by atoms with Gasteiger partial charge in [0.15, 0.2) is 11.9 Å². The fraction of sp³-hybridized carbons (Fsp3) is 0.478. The maximum atomic E-state index is 6.60. The van der Waals surface area contributed by atoms with Crippen LogP contribution in [-0.2, 0) is 33.7 Å². The molecule has 3 heterocycles. The lowest BCUT2D eigenvalue weighted by molar-refractivity contribution is -0.321. The third-order valence-corrected chi connectivity index (χ3v) is 6.38. The standard InChI is InChI=1S/C23H24O4/c1-23(2)25-12-17-20(27-23)22-19-16(11-24-22)14-9-6-10-15(14)18(21(19)26-17)13-7-4-3-5-8-13/h3-5,7-8,17,20,22H,6,9-12H2,1-2H3/t17-,20-,22-/m1/s1. The van der Waals surface area contributed by atoms with Crippen LogP contribution in [0.4, 0.5) is 0 Å². The molecular formula is C23H24O4. The summed E-state index contributed by atoms with van der Waals surface area (Å²) in [6.07, 6.45) is 3.13. The zero-order chi connectivity index (χ0) is 18.2. The summed E-state index contributed by atoms with van der Waals surface area (Å²) in [7, 11) is 0. The lowest BCUT2D eigenvalue weighted by Crippen LogP contribution is -2.55. The fourth-order valence-electron chi connectivity index (χ4n) is 5.26. The van der Waals surface area contributed by atoms with Crippen LogP contribution < -0.4 is 4.74 Å². The molecule has 1 saturated heterocycles. The zero-order valence-corrected chi connectivity index (χ0v) is 15.8. The monoisotopic (exact) mass is 364 g/mol. The highest BCUT2D eigenvalue weighted by Crippen LogP contribution is 2.55. The van der Waals surface area contributed by atoms with Crippen molar-refractivity contribution in [2.24, 2.45) is 0 Å². The fourth-order valence-corrected chi connectivity index (χ4v) is 5.26. The molecule has 4 nitrogen and oxygen atoms in total. The molecule has 6 rings (SSSR count). The van der Waals surface area contributed by atoms with E-state index in [1.807, 2.05) is 13.8 Å². The predicted molar refractivity (Wildman–Crippen MR) is 101 cm³/mol. The first-order chi connectivity index (χ1) is 13.1. The van der Waals surface area contributed by atoms with Crippen molar-refractivity contribution in [2.45, 2.75) is 63.8 Å². The van der Waals surface area contributed by atoms with Crippen molar-refractivity contribution in [1.82, 2.24) is 0 Å². The van der Waals surface area contributed by atoms with Gasteiger partial charge in [-0.25, -0.2) is 0 Å². The van der Waals surface area contributed by atoms with Gasteiger partial charge in [0.2, 0.25) is 0 Å². The van der Waals surface area contributed by atoms with E-state index in [4.69, 9.17) is 18.9 Å². The summed E-state index contributed by atoms with van der Waals surface area (Å²) in [6, 6.07) is 10.6. The molecule has 0 bridgehead atoms. The lowest BCUT2D eigenvalue weighted by Gasteiger charge is -2.46. The average Bonchev–Trinajstić information content (AvgIpc) is 3.30. The average molecular weight is 364 g/mol. The van der Waals surface area contributed by atoms with Crippen LogP contribution in [0.1, 0.15) is 48.6 Å². The molecule has 4 aliphatic rings. The van der Waals surface area contributed by atoms with Gasteiger partial charge in [-0.15, -0.1) is 0 Å². The Bertz CT molecular complexity index is 918. The van der Waals surface area contributed by atoms with Crippen molar-refractivity contribution in [3.63, 3.8) is 0 Å². The van der Waals surface area contributed by atoms with Gasteiger partial charge in [0.25, 0.3) is 0 Å². The molecule has 0 saturated carbocycles. The van der Waals surface area contributed by atoms with E-state index in [0.717, 1.165) is 18.6 Å². The first kappa shape index (κ1) is 16.1. The third-order valence-electron chi connectivity index (χ3n) is 6.38. The highest BCUT2D eigenvalue weighted by atomic mass is 16.7. The molecule has 3 atom stereocenters. The number of rotatable bonds is 1. The number of hydrogen-bond donors (Lipinski definition) is 0. The van der Waals surface area contributed by atoms with Gasteiger partial charge in [0.05, 0.1) is 13.2 Å². The second-order valence-electron chi connectivity index (χ2n) is 8.45. The second-order valence-corrected chi connectivity index (χ2v) is 8.45. The summed E-state index contributed by atoms with van der Waals surface area (Å²) in [4.78, 5) is 0. The maximum Gasteiger partial charge on any atom is 0.163 e. The van der Waals surface area contributed by atoms with Crippen LogP contribution in [0.3, 0.4) is 0 Å². The predicted octanol–water partition coefficient (Wildman–Crippen LogP) is 4.33. The first-order valence-electron chi connectivity index (χ1n) is 9.98. The minimum Gasteiger partial charge on any atom is -0.484 e. The van der Waals surface area contributed by atoms with Crippen molar-refractivity contribution in [3.8, 4) is 16.9 Å². The Morgan fingerprint density at radius 2 is 1.81 bits per heavy atom. The van der Waals surface area contributed by atoms with Crippen molar-refractivity contribution in [1.29, 1.82) is 0 Å². The largest absolute Gasteiger partial charge is 0.484 e. The van der Waals surface area contributed by atoms with E-state index in [9.17, 15) is 0 Å². The topological polar surface area (TPSA) is 36.9 Å². The van der Waals surface area contributed by atoms with Crippen LogP contribution in [0.25, 0.3) is 11.1 Å². The molecule has 1 fully saturated rings. The van der Waals surface area contributed by atoms with E-state index in [1.165, 1.54) is 39.8 Å². The van der Waals surface area contributed by atoms with Gasteiger partial charge >= 0.3 is 0 Å². The van der Waals surface area contributed by atoms with E-state index in [1.54, 1.807) is 0 Å². The number of benzene rings is 2. The van der Waals surface area contributed by atoms with Crippen molar-refractivity contribution < 1.29 is 18.9 Å². The number of fused-ring (bicyclic) bond motifs is 4. The summed E-state index contributed by atoms with van der Waals surface area (Å²) >= 11 is 0. The molecule has 0 radical (unpaired) electrons. The Balaban J connectivity index is 1.58. The Labute approximate surface area is 159 Å². The Kier molecular flexibility index (Phi) is 3.32. The smallest absolute Gasteiger partial charge is 0.163 e. The van der Waals surface area contributed by atoms with Crippen molar-refractivity contribution >= 4 is 0 Å². The van der Waals surface area contributed by atoms with Crippen molar-refractivity contribution in [2.75, 3.05) is 6.61 Å². The zero-order valence-electron chi connectivity index (χ0n) is 15.8. The molecular weight excluding hydrogens is 340 g/mol. The summed E-state index contributed by atoms with van der Waals surface area (Å²) < 4.78 is 25.1.